The van der Waals surface area contributed by atoms with E-state index in [1.54, 1.807) is 0 Å². The van der Waals surface area contributed by atoms with Gasteiger partial charge in [-0.2, -0.15) is 0 Å². The Balaban J connectivity index is 1.42. The van der Waals surface area contributed by atoms with E-state index in [9.17, 15) is 20.1 Å². The van der Waals surface area contributed by atoms with Gasteiger partial charge in [-0.05, 0) is 43.9 Å². The number of hydrogen-bond acceptors (Lipinski definition) is 9. The summed E-state index contributed by atoms with van der Waals surface area (Å²) in [4.78, 5) is 25.3. The summed E-state index contributed by atoms with van der Waals surface area (Å²) in [5.74, 6) is 5.95. The van der Waals surface area contributed by atoms with Gasteiger partial charge in [0.2, 0.25) is 5.82 Å². The molecule has 5 rings (SSSR count). The number of imidazole rings is 1. The number of hydrogen-bond donors (Lipinski definition) is 5. The zero-order chi connectivity index (χ0) is 24.0. The van der Waals surface area contributed by atoms with Crippen LogP contribution in [0.4, 0.5) is 5.82 Å². The number of ether oxygens (including phenoxy) is 1. The SMILES string of the molecule is CC[C@H]1CCCC(O)(C#Cc2nc(N)c3ncn(C4O[C@H](C(=O)NC5CC5)C(O)[C@@H]4O)c3n2)C1. The number of aromatic nitrogens is 4. The zero-order valence-electron chi connectivity index (χ0n) is 19.0. The fraction of sp³-hybridized carbons (Fsp3) is 0.652. The Labute approximate surface area is 196 Å². The van der Waals surface area contributed by atoms with Gasteiger partial charge in [0.05, 0.1) is 6.33 Å². The lowest BCUT2D eigenvalue weighted by molar-refractivity contribution is -0.137. The van der Waals surface area contributed by atoms with Crippen LogP contribution in [0.25, 0.3) is 11.2 Å². The maximum atomic E-state index is 12.4. The second-order valence-corrected chi connectivity index (χ2v) is 9.62. The van der Waals surface area contributed by atoms with Crippen molar-refractivity contribution in [1.29, 1.82) is 0 Å². The van der Waals surface area contributed by atoms with Crippen molar-refractivity contribution in [2.45, 2.75) is 88.1 Å². The van der Waals surface area contributed by atoms with E-state index in [0.29, 0.717) is 18.8 Å². The van der Waals surface area contributed by atoms with E-state index in [2.05, 4.69) is 39.0 Å². The van der Waals surface area contributed by atoms with Gasteiger partial charge in [-0.25, -0.2) is 15.0 Å². The van der Waals surface area contributed by atoms with Crippen LogP contribution < -0.4 is 11.1 Å². The largest absolute Gasteiger partial charge is 0.387 e. The van der Waals surface area contributed by atoms with Crippen molar-refractivity contribution in [2.75, 3.05) is 5.73 Å². The van der Waals surface area contributed by atoms with Gasteiger partial charge in [0.15, 0.2) is 23.8 Å². The Morgan fingerprint density at radius 1 is 1.32 bits per heavy atom. The number of anilines is 1. The highest BCUT2D eigenvalue weighted by Crippen LogP contribution is 2.34. The number of carbonyl (C=O) groups is 1. The highest BCUT2D eigenvalue weighted by atomic mass is 16.6. The maximum Gasteiger partial charge on any atom is 0.252 e. The maximum absolute atomic E-state index is 12.4. The summed E-state index contributed by atoms with van der Waals surface area (Å²) in [6.07, 6.45) is 2.23. The second-order valence-electron chi connectivity index (χ2n) is 9.62. The van der Waals surface area contributed by atoms with Crippen LogP contribution >= 0.6 is 0 Å². The highest BCUT2D eigenvalue weighted by molar-refractivity contribution is 5.83. The Hall–Kier alpha value is -2.78. The first-order valence-electron chi connectivity index (χ1n) is 11.9. The minimum absolute atomic E-state index is 0.0891. The molecule has 34 heavy (non-hydrogen) atoms. The molecule has 2 aliphatic carbocycles. The van der Waals surface area contributed by atoms with Crippen LogP contribution in [0.1, 0.15) is 63.9 Å². The van der Waals surface area contributed by atoms with E-state index in [1.165, 1.54) is 10.9 Å². The molecule has 11 heteroatoms. The molecule has 2 aromatic rings. The predicted octanol–water partition coefficient (Wildman–Crippen LogP) is -0.0109. The molecule has 1 amide bonds. The van der Waals surface area contributed by atoms with Gasteiger partial charge < -0.3 is 31.1 Å². The fourth-order valence-electron chi connectivity index (χ4n) is 4.80. The number of nitrogens with one attached hydrogen (secondary N) is 1. The lowest BCUT2D eigenvalue weighted by atomic mass is 9.77. The van der Waals surface area contributed by atoms with Crippen LogP contribution in [-0.2, 0) is 9.53 Å². The summed E-state index contributed by atoms with van der Waals surface area (Å²) in [6, 6.07) is 0.0915. The van der Waals surface area contributed by atoms with E-state index >= 15 is 0 Å². The first-order chi connectivity index (χ1) is 16.3. The molecule has 6 N–H and O–H groups in total. The number of carbonyl (C=O) groups excluding carboxylic acids is 1. The summed E-state index contributed by atoms with van der Waals surface area (Å²) < 4.78 is 7.15. The third kappa shape index (κ3) is 4.34. The highest BCUT2D eigenvalue weighted by Gasteiger charge is 2.48. The molecular formula is C23H30N6O5. The van der Waals surface area contributed by atoms with Crippen molar-refractivity contribution in [3.8, 4) is 11.8 Å². The molecule has 3 heterocycles. The standard InChI is InChI=1S/C23H30N6O5/c1-2-12-4-3-8-23(33,10-12)9-7-14-27-19(24)15-20(28-14)29(11-25-15)22-17(31)16(30)18(34-22)21(32)26-13-5-6-13/h11-13,16-18,22,30-31,33H,2-6,8,10H2,1H3,(H,26,32)(H2,24,27,28)/t12-,16?,17-,18-,22?,23?/m0/s1. The molecule has 2 saturated carbocycles. The zero-order valence-corrected chi connectivity index (χ0v) is 19.0. The Kier molecular flexibility index (Phi) is 5.93. The summed E-state index contributed by atoms with van der Waals surface area (Å²) in [5.41, 5.74) is 5.52. The number of nitrogens with two attached hydrogens (primary N) is 1. The average molecular weight is 471 g/mol. The number of fused-ring (bicyclic) bond motifs is 1. The van der Waals surface area contributed by atoms with E-state index in [0.717, 1.165) is 32.1 Å². The van der Waals surface area contributed by atoms with Crippen molar-refractivity contribution in [1.82, 2.24) is 24.8 Å². The quantitative estimate of drug-likeness (QED) is 0.386. The van der Waals surface area contributed by atoms with Gasteiger partial charge in [-0.1, -0.05) is 25.7 Å². The van der Waals surface area contributed by atoms with E-state index in [-0.39, 0.29) is 28.8 Å². The smallest absolute Gasteiger partial charge is 0.252 e. The fourth-order valence-corrected chi connectivity index (χ4v) is 4.80. The summed E-state index contributed by atoms with van der Waals surface area (Å²) in [7, 11) is 0. The van der Waals surface area contributed by atoms with E-state index < -0.39 is 36.0 Å². The first kappa shape index (κ1) is 23.0. The first-order valence-corrected chi connectivity index (χ1v) is 11.9. The minimum atomic E-state index is -1.41. The number of aliphatic hydroxyl groups excluding tert-OH is 2. The van der Waals surface area contributed by atoms with Crippen molar-refractivity contribution in [2.24, 2.45) is 5.92 Å². The van der Waals surface area contributed by atoms with Crippen molar-refractivity contribution in [3.63, 3.8) is 0 Å². The summed E-state index contributed by atoms with van der Waals surface area (Å²) >= 11 is 0. The molecule has 0 aromatic carbocycles. The lowest BCUT2D eigenvalue weighted by Gasteiger charge is -2.32. The summed E-state index contributed by atoms with van der Waals surface area (Å²) in [6.45, 7) is 2.11. The van der Waals surface area contributed by atoms with Crippen molar-refractivity contribution >= 4 is 22.9 Å². The van der Waals surface area contributed by atoms with Crippen LogP contribution in [0.3, 0.4) is 0 Å². The van der Waals surface area contributed by atoms with Gasteiger partial charge >= 0.3 is 0 Å². The van der Waals surface area contributed by atoms with Crippen molar-refractivity contribution < 1.29 is 24.9 Å². The molecule has 182 valence electrons. The Bertz CT molecular complexity index is 1150. The van der Waals surface area contributed by atoms with Crippen LogP contribution in [0.2, 0.25) is 0 Å². The Morgan fingerprint density at radius 2 is 2.12 bits per heavy atom. The van der Waals surface area contributed by atoms with Crippen LogP contribution in [-0.4, -0.2) is 70.7 Å². The number of amides is 1. The molecule has 1 saturated heterocycles. The molecular weight excluding hydrogens is 440 g/mol. The van der Waals surface area contributed by atoms with Gasteiger partial charge in [0, 0.05) is 6.04 Å². The minimum Gasteiger partial charge on any atom is -0.387 e. The molecule has 3 aliphatic rings. The third-order valence-corrected chi connectivity index (χ3v) is 6.96. The number of nitrogen functional groups attached to an aromatic ring is 1. The molecule has 11 nitrogen and oxygen atoms in total. The topological polar surface area (TPSA) is 169 Å². The number of nitrogens with zero attached hydrogens (tertiary/aromatic N) is 4. The van der Waals surface area contributed by atoms with Crippen LogP contribution in [0, 0.1) is 17.8 Å². The molecule has 0 radical (unpaired) electrons. The predicted molar refractivity (Wildman–Crippen MR) is 121 cm³/mol. The normalized spacial score (nSPS) is 33.5. The van der Waals surface area contributed by atoms with E-state index in [1.807, 2.05) is 0 Å². The second kappa shape index (κ2) is 8.78. The molecule has 6 atom stereocenters. The molecule has 2 aromatic heterocycles. The third-order valence-electron chi connectivity index (χ3n) is 6.96. The number of aliphatic hydroxyl groups is 3. The van der Waals surface area contributed by atoms with Gasteiger partial charge in [-0.15, -0.1) is 0 Å². The van der Waals surface area contributed by atoms with Gasteiger partial charge in [0.25, 0.3) is 5.91 Å². The molecule has 0 bridgehead atoms. The monoisotopic (exact) mass is 470 g/mol. The lowest BCUT2D eigenvalue weighted by Crippen LogP contribution is -2.43. The molecule has 3 unspecified atom stereocenters. The van der Waals surface area contributed by atoms with Gasteiger partial charge in [-0.3, -0.25) is 9.36 Å². The summed E-state index contributed by atoms with van der Waals surface area (Å²) in [5, 5.41) is 34.7. The van der Waals surface area contributed by atoms with Crippen LogP contribution in [0.15, 0.2) is 6.33 Å². The molecule has 0 spiro atoms. The van der Waals surface area contributed by atoms with Crippen LogP contribution in [0.5, 0.6) is 0 Å². The molecule has 1 aliphatic heterocycles. The Morgan fingerprint density at radius 3 is 2.85 bits per heavy atom. The molecule has 3 fully saturated rings. The van der Waals surface area contributed by atoms with Crippen molar-refractivity contribution in [3.05, 3.63) is 12.2 Å². The number of rotatable bonds is 4. The van der Waals surface area contributed by atoms with E-state index in [4.69, 9.17) is 10.5 Å². The van der Waals surface area contributed by atoms with Gasteiger partial charge in [0.1, 0.15) is 23.3 Å². The average Bonchev–Trinajstić information content (AvgIpc) is 3.45.